The Morgan fingerprint density at radius 2 is 1.84 bits per heavy atom. The quantitative estimate of drug-likeness (QED) is 0.508. The van der Waals surface area contributed by atoms with E-state index in [-0.39, 0.29) is 11.4 Å². The molecule has 6 heteroatoms. The predicted octanol–water partition coefficient (Wildman–Crippen LogP) is 3.99. The highest BCUT2D eigenvalue weighted by Crippen LogP contribution is 2.28. The second-order valence-corrected chi connectivity index (χ2v) is 4.97. The molecule has 0 heterocycles. The molecule has 98 valence electrons. The molecule has 5 nitrogen and oxygen atoms in total. The van der Waals surface area contributed by atoms with Crippen LogP contribution in [0.5, 0.6) is 0 Å². The van der Waals surface area contributed by atoms with Crippen LogP contribution >= 0.6 is 15.9 Å². The first-order chi connectivity index (χ1) is 8.97. The van der Waals surface area contributed by atoms with Crippen molar-refractivity contribution in [2.45, 2.75) is 6.92 Å². The number of aryl methyl sites for hydroxylation is 1. The molecule has 0 saturated heterocycles. The molecule has 0 aromatic heterocycles. The van der Waals surface area contributed by atoms with Crippen molar-refractivity contribution in [3.8, 4) is 0 Å². The first kappa shape index (κ1) is 13.4. The van der Waals surface area contributed by atoms with Gasteiger partial charge in [-0.3, -0.25) is 10.1 Å². The molecule has 19 heavy (non-hydrogen) atoms. The number of rotatable bonds is 3. The van der Waals surface area contributed by atoms with Crippen molar-refractivity contribution >= 4 is 38.7 Å². The van der Waals surface area contributed by atoms with Gasteiger partial charge in [0.25, 0.3) is 5.69 Å². The molecule has 0 bridgehead atoms. The van der Waals surface area contributed by atoms with Crippen LogP contribution in [0.25, 0.3) is 0 Å². The number of benzene rings is 2. The summed E-state index contributed by atoms with van der Waals surface area (Å²) in [6, 6.07) is 10.4. The standard InChI is InChI=1S/C13H12BrN3O2/c1-8-6-9(2-4-11(8)14)16-10-3-5-13(17(18)19)12(15)7-10/h2-7,16H,15H2,1H3. The van der Waals surface area contributed by atoms with Crippen LogP contribution in [0.15, 0.2) is 40.9 Å². The van der Waals surface area contributed by atoms with Crippen LogP contribution in [0.2, 0.25) is 0 Å². The molecule has 0 fully saturated rings. The van der Waals surface area contributed by atoms with Gasteiger partial charge in [-0.15, -0.1) is 0 Å². The van der Waals surface area contributed by atoms with Crippen LogP contribution in [-0.2, 0) is 0 Å². The van der Waals surface area contributed by atoms with Crippen LogP contribution in [-0.4, -0.2) is 4.92 Å². The molecule has 0 saturated carbocycles. The van der Waals surface area contributed by atoms with E-state index in [9.17, 15) is 10.1 Å². The smallest absolute Gasteiger partial charge is 0.292 e. The van der Waals surface area contributed by atoms with Crippen molar-refractivity contribution in [1.82, 2.24) is 0 Å². The summed E-state index contributed by atoms with van der Waals surface area (Å²) in [4.78, 5) is 10.2. The van der Waals surface area contributed by atoms with Crippen LogP contribution in [0, 0.1) is 17.0 Å². The average Bonchev–Trinajstić information content (AvgIpc) is 2.33. The highest BCUT2D eigenvalue weighted by molar-refractivity contribution is 9.10. The second kappa shape index (κ2) is 5.27. The number of nitrogens with one attached hydrogen (secondary N) is 1. The van der Waals surface area contributed by atoms with E-state index in [1.54, 1.807) is 12.1 Å². The SMILES string of the molecule is Cc1cc(Nc2ccc([N+](=O)[O-])c(N)c2)ccc1Br. The molecule has 0 aliphatic carbocycles. The van der Waals surface area contributed by atoms with Gasteiger partial charge in [-0.1, -0.05) is 15.9 Å². The molecule has 0 aliphatic heterocycles. The fourth-order valence-electron chi connectivity index (χ4n) is 1.69. The van der Waals surface area contributed by atoms with Crippen molar-refractivity contribution in [1.29, 1.82) is 0 Å². The minimum atomic E-state index is -0.497. The lowest BCUT2D eigenvalue weighted by Crippen LogP contribution is -1.97. The van der Waals surface area contributed by atoms with E-state index >= 15 is 0 Å². The lowest BCUT2D eigenvalue weighted by Gasteiger charge is -2.09. The third kappa shape index (κ3) is 3.03. The lowest BCUT2D eigenvalue weighted by molar-refractivity contribution is -0.383. The molecule has 0 aliphatic rings. The van der Waals surface area contributed by atoms with Crippen molar-refractivity contribution in [2.75, 3.05) is 11.1 Å². The van der Waals surface area contributed by atoms with E-state index in [0.717, 1.165) is 15.7 Å². The minimum Gasteiger partial charge on any atom is -0.393 e. The number of anilines is 3. The van der Waals surface area contributed by atoms with Crippen LogP contribution in [0.1, 0.15) is 5.56 Å². The molecular weight excluding hydrogens is 310 g/mol. The first-order valence-corrected chi connectivity index (χ1v) is 6.34. The summed E-state index contributed by atoms with van der Waals surface area (Å²) in [5.74, 6) is 0. The molecule has 0 amide bonds. The highest BCUT2D eigenvalue weighted by atomic mass is 79.9. The van der Waals surface area contributed by atoms with Gasteiger partial charge in [0.2, 0.25) is 0 Å². The maximum Gasteiger partial charge on any atom is 0.292 e. The van der Waals surface area contributed by atoms with Crippen molar-refractivity contribution < 1.29 is 4.92 Å². The van der Waals surface area contributed by atoms with Crippen LogP contribution in [0.3, 0.4) is 0 Å². The summed E-state index contributed by atoms with van der Waals surface area (Å²) in [6.45, 7) is 1.99. The van der Waals surface area contributed by atoms with E-state index in [2.05, 4.69) is 21.2 Å². The Morgan fingerprint density at radius 3 is 2.42 bits per heavy atom. The molecule has 3 N–H and O–H groups in total. The number of nitrogens with zero attached hydrogens (tertiary/aromatic N) is 1. The summed E-state index contributed by atoms with van der Waals surface area (Å²) >= 11 is 3.43. The third-order valence-electron chi connectivity index (χ3n) is 2.67. The number of nitrogens with two attached hydrogens (primary N) is 1. The highest BCUT2D eigenvalue weighted by Gasteiger charge is 2.11. The fourth-order valence-corrected chi connectivity index (χ4v) is 1.93. The zero-order valence-electron chi connectivity index (χ0n) is 10.2. The van der Waals surface area contributed by atoms with Gasteiger partial charge >= 0.3 is 0 Å². The maximum absolute atomic E-state index is 10.7. The fraction of sp³-hybridized carbons (Fsp3) is 0.0769. The third-order valence-corrected chi connectivity index (χ3v) is 3.56. The Balaban J connectivity index is 2.26. The van der Waals surface area contributed by atoms with E-state index < -0.39 is 4.92 Å². The van der Waals surface area contributed by atoms with E-state index in [1.165, 1.54) is 6.07 Å². The van der Waals surface area contributed by atoms with Crippen LogP contribution in [0.4, 0.5) is 22.7 Å². The largest absolute Gasteiger partial charge is 0.393 e. The molecule has 2 aromatic carbocycles. The van der Waals surface area contributed by atoms with Crippen molar-refractivity contribution in [2.24, 2.45) is 0 Å². The monoisotopic (exact) mass is 321 g/mol. The maximum atomic E-state index is 10.7. The summed E-state index contributed by atoms with van der Waals surface area (Å²) < 4.78 is 1.03. The number of halogens is 1. The molecule has 2 aromatic rings. The molecular formula is C13H12BrN3O2. The van der Waals surface area contributed by atoms with E-state index in [4.69, 9.17) is 5.73 Å². The average molecular weight is 322 g/mol. The van der Waals surface area contributed by atoms with Gasteiger partial charge in [-0.05, 0) is 42.8 Å². The Labute approximate surface area is 118 Å². The zero-order valence-corrected chi connectivity index (χ0v) is 11.8. The van der Waals surface area contributed by atoms with Gasteiger partial charge in [0.15, 0.2) is 0 Å². The molecule has 0 spiro atoms. The Bertz CT molecular complexity index is 644. The number of nitro benzene ring substituents is 1. The van der Waals surface area contributed by atoms with E-state index in [0.29, 0.717) is 5.69 Å². The molecule has 0 unspecified atom stereocenters. The normalized spacial score (nSPS) is 10.2. The van der Waals surface area contributed by atoms with Crippen LogP contribution < -0.4 is 11.1 Å². The number of hydrogen-bond acceptors (Lipinski definition) is 4. The second-order valence-electron chi connectivity index (χ2n) is 4.12. The summed E-state index contributed by atoms with van der Waals surface area (Å²) in [5, 5.41) is 13.8. The van der Waals surface area contributed by atoms with Crippen molar-refractivity contribution in [3.63, 3.8) is 0 Å². The van der Waals surface area contributed by atoms with E-state index in [1.807, 2.05) is 25.1 Å². The molecule has 2 rings (SSSR count). The topological polar surface area (TPSA) is 81.2 Å². The Kier molecular flexibility index (Phi) is 3.71. The number of nitro groups is 1. The summed E-state index contributed by atoms with van der Waals surface area (Å²) in [5.41, 5.74) is 8.40. The Hall–Kier alpha value is -2.08. The number of hydrogen-bond donors (Lipinski definition) is 2. The van der Waals surface area contributed by atoms with Gasteiger partial charge in [0.05, 0.1) is 4.92 Å². The summed E-state index contributed by atoms with van der Waals surface area (Å²) in [7, 11) is 0. The van der Waals surface area contributed by atoms with Gasteiger partial charge in [0.1, 0.15) is 5.69 Å². The van der Waals surface area contributed by atoms with Gasteiger partial charge in [0, 0.05) is 21.9 Å². The van der Waals surface area contributed by atoms with Gasteiger partial charge in [-0.25, -0.2) is 0 Å². The Morgan fingerprint density at radius 1 is 1.21 bits per heavy atom. The summed E-state index contributed by atoms with van der Waals surface area (Å²) in [6.07, 6.45) is 0. The zero-order chi connectivity index (χ0) is 14.0. The lowest BCUT2D eigenvalue weighted by atomic mass is 10.2. The van der Waals surface area contributed by atoms with Gasteiger partial charge < -0.3 is 11.1 Å². The number of nitrogen functional groups attached to an aromatic ring is 1. The predicted molar refractivity (Wildman–Crippen MR) is 79.7 cm³/mol. The minimum absolute atomic E-state index is 0.0856. The molecule has 0 atom stereocenters. The first-order valence-electron chi connectivity index (χ1n) is 5.54. The molecule has 0 radical (unpaired) electrons. The van der Waals surface area contributed by atoms with Crippen molar-refractivity contribution in [3.05, 3.63) is 56.5 Å². The van der Waals surface area contributed by atoms with Gasteiger partial charge in [-0.2, -0.15) is 0 Å².